The molecule has 0 aromatic heterocycles. The van der Waals surface area contributed by atoms with E-state index >= 15 is 0 Å². The average molecular weight is 342 g/mol. The smallest absolute Gasteiger partial charge is 0.234 e. The van der Waals surface area contributed by atoms with Gasteiger partial charge in [0.1, 0.15) is 8.15 Å². The molecule has 5 heteroatoms. The van der Waals surface area contributed by atoms with Gasteiger partial charge in [-0.25, -0.2) is 3.97 Å². The summed E-state index contributed by atoms with van der Waals surface area (Å²) >= 11 is 0. The van der Waals surface area contributed by atoms with E-state index in [-0.39, 0.29) is 4.90 Å². The van der Waals surface area contributed by atoms with Crippen LogP contribution in [-0.4, -0.2) is 8.42 Å². The van der Waals surface area contributed by atoms with Crippen molar-refractivity contribution < 1.29 is 12.4 Å². The number of hydrogen-bond acceptors (Lipinski definition) is 3. The van der Waals surface area contributed by atoms with Gasteiger partial charge in [-0.2, -0.15) is 8.42 Å². The van der Waals surface area contributed by atoms with Crippen LogP contribution in [0.15, 0.2) is 95.9 Å². The maximum absolute atomic E-state index is 12.6. The summed E-state index contributed by atoms with van der Waals surface area (Å²) in [6.07, 6.45) is 0. The molecule has 23 heavy (non-hydrogen) atoms. The molecule has 3 rings (SSSR count). The van der Waals surface area contributed by atoms with Crippen molar-refractivity contribution in [1.29, 1.82) is 0 Å². The SMILES string of the molecule is O=S(=O)(OP(c1ccccc1)c1ccccc1)c1ccccc1. The van der Waals surface area contributed by atoms with Gasteiger partial charge in [-0.3, -0.25) is 0 Å². The van der Waals surface area contributed by atoms with E-state index < -0.39 is 18.3 Å². The van der Waals surface area contributed by atoms with Crippen LogP contribution in [0.5, 0.6) is 0 Å². The van der Waals surface area contributed by atoms with Gasteiger partial charge >= 0.3 is 10.1 Å². The van der Waals surface area contributed by atoms with Crippen LogP contribution in [0.4, 0.5) is 0 Å². The lowest BCUT2D eigenvalue weighted by Crippen LogP contribution is -2.17. The van der Waals surface area contributed by atoms with Crippen LogP contribution in [0.25, 0.3) is 0 Å². The van der Waals surface area contributed by atoms with Gasteiger partial charge in [0.2, 0.25) is 0 Å². The minimum atomic E-state index is -3.83. The van der Waals surface area contributed by atoms with E-state index in [0.717, 1.165) is 10.6 Å². The molecule has 3 aromatic carbocycles. The lowest BCUT2D eigenvalue weighted by atomic mass is 10.4. The third kappa shape index (κ3) is 3.85. The Morgan fingerprint density at radius 3 is 1.43 bits per heavy atom. The quantitative estimate of drug-likeness (QED) is 0.667. The van der Waals surface area contributed by atoms with Crippen molar-refractivity contribution in [3.63, 3.8) is 0 Å². The van der Waals surface area contributed by atoms with Crippen molar-refractivity contribution >= 4 is 28.9 Å². The summed E-state index contributed by atoms with van der Waals surface area (Å²) in [7, 11) is -5.28. The second-order valence-electron chi connectivity index (χ2n) is 4.81. The van der Waals surface area contributed by atoms with Crippen LogP contribution in [0, 0.1) is 0 Å². The fourth-order valence-corrected chi connectivity index (χ4v) is 5.58. The van der Waals surface area contributed by atoms with Crippen molar-refractivity contribution in [3.05, 3.63) is 91.0 Å². The van der Waals surface area contributed by atoms with E-state index in [1.165, 1.54) is 0 Å². The largest absolute Gasteiger partial charge is 0.300 e. The Morgan fingerprint density at radius 2 is 1.00 bits per heavy atom. The summed E-state index contributed by atoms with van der Waals surface area (Å²) in [6, 6.07) is 27.1. The summed E-state index contributed by atoms with van der Waals surface area (Å²) in [4.78, 5) is 0.166. The zero-order valence-electron chi connectivity index (χ0n) is 12.2. The van der Waals surface area contributed by atoms with Crippen molar-refractivity contribution in [1.82, 2.24) is 0 Å². The molecule has 0 radical (unpaired) electrons. The van der Waals surface area contributed by atoms with E-state index in [9.17, 15) is 8.42 Å². The van der Waals surface area contributed by atoms with Crippen LogP contribution in [0.1, 0.15) is 0 Å². The predicted molar refractivity (Wildman–Crippen MR) is 93.8 cm³/mol. The molecule has 0 N–H and O–H groups in total. The number of hydrogen-bond donors (Lipinski definition) is 0. The van der Waals surface area contributed by atoms with Crippen LogP contribution in [0.3, 0.4) is 0 Å². The fraction of sp³-hybridized carbons (Fsp3) is 0. The first kappa shape index (κ1) is 15.9. The molecule has 0 aliphatic carbocycles. The van der Waals surface area contributed by atoms with E-state index in [4.69, 9.17) is 3.97 Å². The zero-order chi connectivity index (χ0) is 16.1. The van der Waals surface area contributed by atoms with Gasteiger partial charge < -0.3 is 0 Å². The molecule has 3 aromatic rings. The minimum Gasteiger partial charge on any atom is -0.234 e. The molecule has 116 valence electrons. The Bertz CT molecular complexity index is 811. The first-order valence-corrected chi connectivity index (χ1v) is 9.73. The van der Waals surface area contributed by atoms with E-state index in [1.54, 1.807) is 30.3 Å². The summed E-state index contributed by atoms with van der Waals surface area (Å²) in [6.45, 7) is 0. The van der Waals surface area contributed by atoms with Crippen LogP contribution < -0.4 is 10.6 Å². The van der Waals surface area contributed by atoms with Gasteiger partial charge in [-0.15, -0.1) is 0 Å². The van der Waals surface area contributed by atoms with Crippen LogP contribution >= 0.6 is 8.15 Å². The van der Waals surface area contributed by atoms with E-state index in [1.807, 2.05) is 60.7 Å². The molecule has 0 spiro atoms. The highest BCUT2D eigenvalue weighted by Gasteiger charge is 2.24. The zero-order valence-corrected chi connectivity index (χ0v) is 14.0. The molecule has 0 heterocycles. The highest BCUT2D eigenvalue weighted by molar-refractivity contribution is 7.93. The predicted octanol–water partition coefficient (Wildman–Crippen LogP) is 3.44. The van der Waals surface area contributed by atoms with Crippen molar-refractivity contribution in [2.75, 3.05) is 0 Å². The van der Waals surface area contributed by atoms with Crippen molar-refractivity contribution in [2.24, 2.45) is 0 Å². The highest BCUT2D eigenvalue weighted by Crippen LogP contribution is 2.38. The Hall–Kier alpha value is -2.00. The highest BCUT2D eigenvalue weighted by atomic mass is 32.2. The second kappa shape index (κ2) is 7.05. The lowest BCUT2D eigenvalue weighted by Gasteiger charge is -2.18. The molecule has 0 saturated carbocycles. The molecule has 0 fully saturated rings. The van der Waals surface area contributed by atoms with Gasteiger partial charge in [0.15, 0.2) is 0 Å². The fourth-order valence-electron chi connectivity index (χ4n) is 2.09. The maximum Gasteiger partial charge on any atom is 0.300 e. The van der Waals surface area contributed by atoms with Crippen molar-refractivity contribution in [2.45, 2.75) is 4.90 Å². The van der Waals surface area contributed by atoms with Crippen molar-refractivity contribution in [3.8, 4) is 0 Å². The Morgan fingerprint density at radius 1 is 0.609 bits per heavy atom. The second-order valence-corrected chi connectivity index (χ2v) is 8.40. The maximum atomic E-state index is 12.6. The van der Waals surface area contributed by atoms with Gasteiger partial charge in [-0.05, 0) is 12.1 Å². The monoisotopic (exact) mass is 342 g/mol. The normalized spacial score (nSPS) is 11.5. The third-order valence-electron chi connectivity index (χ3n) is 3.19. The van der Waals surface area contributed by atoms with E-state index in [2.05, 4.69) is 0 Å². The Kier molecular flexibility index (Phi) is 4.87. The van der Waals surface area contributed by atoms with Gasteiger partial charge in [-0.1, -0.05) is 78.9 Å². The van der Waals surface area contributed by atoms with Gasteiger partial charge in [0.05, 0.1) is 4.90 Å². The lowest BCUT2D eigenvalue weighted by molar-refractivity contribution is 0.513. The molecular formula is C18H15O3PS. The number of rotatable bonds is 5. The molecule has 0 amide bonds. The first-order chi connectivity index (χ1) is 11.2. The minimum absolute atomic E-state index is 0.166. The van der Waals surface area contributed by atoms with Crippen LogP contribution in [0.2, 0.25) is 0 Å². The van der Waals surface area contributed by atoms with Crippen LogP contribution in [-0.2, 0) is 14.1 Å². The molecule has 0 atom stereocenters. The average Bonchev–Trinajstić information content (AvgIpc) is 2.62. The van der Waals surface area contributed by atoms with Gasteiger partial charge in [0.25, 0.3) is 0 Å². The summed E-state index contributed by atoms with van der Waals surface area (Å²) < 4.78 is 30.8. The molecule has 0 bridgehead atoms. The molecule has 3 nitrogen and oxygen atoms in total. The number of benzene rings is 3. The molecular weight excluding hydrogens is 327 g/mol. The first-order valence-electron chi connectivity index (χ1n) is 7.07. The van der Waals surface area contributed by atoms with E-state index in [0.29, 0.717) is 0 Å². The molecule has 0 aliphatic rings. The molecule has 0 aliphatic heterocycles. The Balaban J connectivity index is 2.00. The standard InChI is InChI=1S/C18H15O3PS/c19-23(20,18-14-8-3-9-15-18)21-22(16-10-4-1-5-11-16)17-12-6-2-7-13-17/h1-15H. The Labute approximate surface area is 137 Å². The third-order valence-corrected chi connectivity index (χ3v) is 6.95. The molecule has 0 saturated heterocycles. The van der Waals surface area contributed by atoms with Gasteiger partial charge in [0, 0.05) is 10.6 Å². The summed E-state index contributed by atoms with van der Waals surface area (Å²) in [5.41, 5.74) is 0. The summed E-state index contributed by atoms with van der Waals surface area (Å²) in [5.74, 6) is 0. The summed E-state index contributed by atoms with van der Waals surface area (Å²) in [5, 5.41) is 1.71. The molecule has 0 unspecified atom stereocenters. The topological polar surface area (TPSA) is 43.4 Å².